The lowest BCUT2D eigenvalue weighted by Crippen LogP contribution is -2.32. The monoisotopic (exact) mass is 326 g/mol. The Morgan fingerprint density at radius 3 is 2.42 bits per heavy atom. The molecule has 3 aromatic rings. The van der Waals surface area contributed by atoms with Gasteiger partial charge in [-0.25, -0.2) is 9.18 Å². The number of hydrogen-bond acceptors (Lipinski definition) is 6. The number of hydroxylamine groups is 2. The average molecular weight is 326 g/mol. The largest absolute Gasteiger partial charge is 0.386 e. The number of rotatable bonds is 2. The number of amides is 2. The fourth-order valence-electron chi connectivity index (χ4n) is 2.43. The number of carbonyl (C=O) groups is 3. The third-order valence-electron chi connectivity index (χ3n) is 3.56. The number of aromatic nitrogens is 1. The van der Waals surface area contributed by atoms with Gasteiger partial charge in [0.25, 0.3) is 11.8 Å². The summed E-state index contributed by atoms with van der Waals surface area (Å²) in [5.74, 6) is -3.11. The number of fused-ring (bicyclic) bond motifs is 2. The van der Waals surface area contributed by atoms with E-state index < -0.39 is 23.6 Å². The molecule has 24 heavy (non-hydrogen) atoms. The van der Waals surface area contributed by atoms with Crippen molar-refractivity contribution in [3.8, 4) is 0 Å². The summed E-state index contributed by atoms with van der Waals surface area (Å²) < 4.78 is 18.0. The molecule has 4 rings (SSSR count). The first kappa shape index (κ1) is 14.1. The van der Waals surface area contributed by atoms with Crippen LogP contribution in [-0.2, 0) is 4.84 Å². The third-order valence-corrected chi connectivity index (χ3v) is 3.56. The Hall–Kier alpha value is -3.55. The lowest BCUT2D eigenvalue weighted by atomic mass is 10.1. The quantitative estimate of drug-likeness (QED) is 0.671. The Labute approximate surface area is 133 Å². The van der Waals surface area contributed by atoms with Crippen molar-refractivity contribution in [1.29, 1.82) is 0 Å². The average Bonchev–Trinajstić information content (AvgIpc) is 3.10. The van der Waals surface area contributed by atoms with E-state index in [-0.39, 0.29) is 27.8 Å². The summed E-state index contributed by atoms with van der Waals surface area (Å²) in [7, 11) is 0. The lowest BCUT2D eigenvalue weighted by molar-refractivity contribution is -0.0589. The maximum absolute atomic E-state index is 13.1. The van der Waals surface area contributed by atoms with Crippen LogP contribution in [0.4, 0.5) is 4.39 Å². The summed E-state index contributed by atoms with van der Waals surface area (Å²) in [6.45, 7) is 0. The number of nitrogens with zero attached hydrogens (tertiary/aromatic N) is 2. The standard InChI is InChI=1S/C16H7FN2O5/c17-8-5-6-11-12(7-8)23-18-13(11)16(22)24-19-14(20)9-3-1-2-4-10(9)15(19)21/h1-7H. The summed E-state index contributed by atoms with van der Waals surface area (Å²) in [5, 5.41) is 4.09. The molecule has 0 atom stereocenters. The summed E-state index contributed by atoms with van der Waals surface area (Å²) >= 11 is 0. The van der Waals surface area contributed by atoms with E-state index in [1.165, 1.54) is 18.2 Å². The Balaban J connectivity index is 1.65. The first-order valence-corrected chi connectivity index (χ1v) is 6.81. The van der Waals surface area contributed by atoms with E-state index in [1.807, 2.05) is 0 Å². The van der Waals surface area contributed by atoms with Crippen molar-refractivity contribution in [3.05, 3.63) is 65.1 Å². The molecule has 0 bridgehead atoms. The Kier molecular flexibility index (Phi) is 2.92. The highest BCUT2D eigenvalue weighted by atomic mass is 19.1. The van der Waals surface area contributed by atoms with Crippen LogP contribution in [0.15, 0.2) is 47.0 Å². The first-order chi connectivity index (χ1) is 11.6. The molecule has 0 aliphatic carbocycles. The zero-order valence-electron chi connectivity index (χ0n) is 11.9. The smallest absolute Gasteiger partial charge is 0.355 e. The molecule has 1 aromatic heterocycles. The third kappa shape index (κ3) is 1.97. The summed E-state index contributed by atoms with van der Waals surface area (Å²) in [5.41, 5.74) is 0.0654. The molecule has 0 spiro atoms. The minimum Gasteiger partial charge on any atom is -0.355 e. The van der Waals surface area contributed by atoms with Crippen LogP contribution in [0.5, 0.6) is 0 Å². The second kappa shape index (κ2) is 4.98. The van der Waals surface area contributed by atoms with Gasteiger partial charge in [-0.2, -0.15) is 0 Å². The van der Waals surface area contributed by atoms with Gasteiger partial charge in [0.1, 0.15) is 5.82 Å². The highest BCUT2D eigenvalue weighted by Gasteiger charge is 2.39. The zero-order chi connectivity index (χ0) is 16.8. The molecule has 0 fully saturated rings. The molecule has 2 aromatic carbocycles. The van der Waals surface area contributed by atoms with Crippen LogP contribution >= 0.6 is 0 Å². The van der Waals surface area contributed by atoms with Gasteiger partial charge in [-0.1, -0.05) is 22.4 Å². The van der Waals surface area contributed by atoms with Crippen molar-refractivity contribution in [2.75, 3.05) is 0 Å². The van der Waals surface area contributed by atoms with Crippen molar-refractivity contribution in [1.82, 2.24) is 10.2 Å². The van der Waals surface area contributed by atoms with Crippen LogP contribution in [0, 0.1) is 5.82 Å². The van der Waals surface area contributed by atoms with E-state index in [0.29, 0.717) is 5.06 Å². The minimum atomic E-state index is -1.06. The van der Waals surface area contributed by atoms with E-state index in [1.54, 1.807) is 12.1 Å². The van der Waals surface area contributed by atoms with Crippen molar-refractivity contribution in [3.63, 3.8) is 0 Å². The molecule has 2 amide bonds. The van der Waals surface area contributed by atoms with Crippen LogP contribution < -0.4 is 0 Å². The van der Waals surface area contributed by atoms with E-state index in [2.05, 4.69) is 5.16 Å². The van der Waals surface area contributed by atoms with Gasteiger partial charge < -0.3 is 9.36 Å². The highest BCUT2D eigenvalue weighted by Crippen LogP contribution is 2.25. The second-order valence-corrected chi connectivity index (χ2v) is 5.00. The maximum atomic E-state index is 13.1. The fraction of sp³-hybridized carbons (Fsp3) is 0. The molecule has 0 N–H and O–H groups in total. The number of carbonyl (C=O) groups excluding carboxylic acids is 3. The van der Waals surface area contributed by atoms with Crippen molar-refractivity contribution in [2.45, 2.75) is 0 Å². The molecule has 0 saturated carbocycles. The van der Waals surface area contributed by atoms with Crippen molar-refractivity contribution in [2.24, 2.45) is 0 Å². The fourth-order valence-corrected chi connectivity index (χ4v) is 2.43. The molecular weight excluding hydrogens is 319 g/mol. The molecule has 0 radical (unpaired) electrons. The summed E-state index contributed by atoms with van der Waals surface area (Å²) in [4.78, 5) is 41.4. The highest BCUT2D eigenvalue weighted by molar-refractivity contribution is 6.21. The van der Waals surface area contributed by atoms with Gasteiger partial charge in [0.05, 0.1) is 16.5 Å². The molecule has 0 unspecified atom stereocenters. The predicted octanol–water partition coefficient (Wildman–Crippen LogP) is 2.33. The van der Waals surface area contributed by atoms with E-state index in [4.69, 9.17) is 9.36 Å². The molecule has 118 valence electrons. The molecule has 1 aliphatic heterocycles. The number of benzene rings is 2. The van der Waals surface area contributed by atoms with Crippen LogP contribution in [0.1, 0.15) is 31.2 Å². The van der Waals surface area contributed by atoms with Gasteiger partial charge in [-0.05, 0) is 24.3 Å². The van der Waals surface area contributed by atoms with Gasteiger partial charge >= 0.3 is 5.97 Å². The topological polar surface area (TPSA) is 89.7 Å². The lowest BCUT2D eigenvalue weighted by Gasteiger charge is -2.11. The predicted molar refractivity (Wildman–Crippen MR) is 76.3 cm³/mol. The van der Waals surface area contributed by atoms with E-state index >= 15 is 0 Å². The molecule has 1 aliphatic rings. The number of imide groups is 1. The number of hydrogen-bond donors (Lipinski definition) is 0. The van der Waals surface area contributed by atoms with Gasteiger partial charge in [0.15, 0.2) is 5.58 Å². The van der Waals surface area contributed by atoms with Crippen molar-refractivity contribution >= 4 is 28.8 Å². The minimum absolute atomic E-state index is 0.0457. The Bertz CT molecular complexity index is 991. The molecule has 7 nitrogen and oxygen atoms in total. The second-order valence-electron chi connectivity index (χ2n) is 5.00. The van der Waals surface area contributed by atoms with Crippen LogP contribution in [0.25, 0.3) is 11.0 Å². The Morgan fingerprint density at radius 2 is 1.75 bits per heavy atom. The zero-order valence-corrected chi connectivity index (χ0v) is 11.9. The van der Waals surface area contributed by atoms with Crippen LogP contribution in [0.3, 0.4) is 0 Å². The molecule has 2 heterocycles. The van der Waals surface area contributed by atoms with Crippen molar-refractivity contribution < 1.29 is 28.1 Å². The van der Waals surface area contributed by atoms with Crippen LogP contribution in [0.2, 0.25) is 0 Å². The number of halogens is 1. The molecule has 0 saturated heterocycles. The van der Waals surface area contributed by atoms with Gasteiger partial charge in [-0.15, -0.1) is 0 Å². The summed E-state index contributed by atoms with van der Waals surface area (Å²) in [6, 6.07) is 9.57. The van der Waals surface area contributed by atoms with Gasteiger partial charge in [-0.3, -0.25) is 9.59 Å². The molecule has 8 heteroatoms. The van der Waals surface area contributed by atoms with Gasteiger partial charge in [0, 0.05) is 6.07 Å². The van der Waals surface area contributed by atoms with E-state index in [9.17, 15) is 18.8 Å². The SMILES string of the molecule is O=C(ON1C(=O)c2ccccc2C1=O)c1noc2cc(F)ccc12. The Morgan fingerprint density at radius 1 is 1.08 bits per heavy atom. The van der Waals surface area contributed by atoms with Gasteiger partial charge in [0.2, 0.25) is 5.69 Å². The summed E-state index contributed by atoms with van der Waals surface area (Å²) in [6.07, 6.45) is 0. The van der Waals surface area contributed by atoms with Crippen LogP contribution in [-0.4, -0.2) is 28.0 Å². The first-order valence-electron chi connectivity index (χ1n) is 6.81. The normalized spacial score (nSPS) is 13.5. The van der Waals surface area contributed by atoms with E-state index in [0.717, 1.165) is 12.1 Å². The maximum Gasteiger partial charge on any atom is 0.386 e. The molecular formula is C16H7FN2O5.